The Balaban J connectivity index is 2.80. The number of esters is 1. The van der Waals surface area contributed by atoms with Gasteiger partial charge in [-0.05, 0) is 20.8 Å². The number of methoxy groups -OCH3 is 1. The molecule has 1 aliphatic heterocycles. The molecule has 110 valence electrons. The lowest BCUT2D eigenvalue weighted by Crippen LogP contribution is -2.48. The Morgan fingerprint density at radius 1 is 1.42 bits per heavy atom. The summed E-state index contributed by atoms with van der Waals surface area (Å²) in [5.74, 6) is -0.896. The van der Waals surface area contributed by atoms with E-state index in [2.05, 4.69) is 4.74 Å². The molecule has 1 rings (SSSR count). The van der Waals surface area contributed by atoms with Gasteiger partial charge in [-0.1, -0.05) is 0 Å². The first-order chi connectivity index (χ1) is 8.65. The fourth-order valence-corrected chi connectivity index (χ4v) is 1.92. The van der Waals surface area contributed by atoms with E-state index in [1.165, 1.54) is 0 Å². The molecular weight excluding hydrogens is 257 g/mol. The molecule has 1 fully saturated rings. The van der Waals surface area contributed by atoms with Crippen molar-refractivity contribution in [1.29, 1.82) is 0 Å². The summed E-state index contributed by atoms with van der Waals surface area (Å²) in [7, 11) is 1.12. The lowest BCUT2D eigenvalue weighted by Gasteiger charge is -2.29. The van der Waals surface area contributed by atoms with E-state index in [0.29, 0.717) is 0 Å². The number of amides is 1. The molecule has 0 spiro atoms. The molecule has 0 aromatic heterocycles. The molecule has 0 bridgehead atoms. The number of aliphatic hydroxyl groups is 1. The van der Waals surface area contributed by atoms with E-state index < -0.39 is 36.0 Å². The summed E-state index contributed by atoms with van der Waals surface area (Å²) in [5.41, 5.74) is -0.730. The van der Waals surface area contributed by atoms with E-state index in [0.717, 1.165) is 12.0 Å². The van der Waals surface area contributed by atoms with Crippen molar-refractivity contribution in [3.63, 3.8) is 0 Å². The van der Waals surface area contributed by atoms with Gasteiger partial charge in [-0.15, -0.1) is 0 Å². The Labute approximate surface area is 111 Å². The molecule has 1 heterocycles. The fraction of sp³-hybridized carbons (Fsp3) is 0.833. The summed E-state index contributed by atoms with van der Waals surface area (Å²) in [6.07, 6.45) is -3.73. The molecule has 1 saturated heterocycles. The van der Waals surface area contributed by atoms with Crippen LogP contribution in [0.4, 0.5) is 9.18 Å². The summed E-state index contributed by atoms with van der Waals surface area (Å²) in [5, 5.41) is 9.76. The van der Waals surface area contributed by atoms with E-state index in [9.17, 15) is 19.1 Å². The van der Waals surface area contributed by atoms with E-state index in [1.54, 1.807) is 20.8 Å². The van der Waals surface area contributed by atoms with Crippen LogP contribution < -0.4 is 0 Å². The van der Waals surface area contributed by atoms with Gasteiger partial charge in [0, 0.05) is 6.42 Å². The molecule has 0 saturated carbocycles. The standard InChI is InChI=1S/C12H20FNO5/c1-12(2,3)19-11(17)14-6-7(13)5-8(14)9(15)10(16)18-4/h7-9,15H,5-6H2,1-4H3/t7-,8-,9?/m0/s1. The van der Waals surface area contributed by atoms with Gasteiger partial charge in [0.05, 0.1) is 19.7 Å². The predicted molar refractivity (Wildman–Crippen MR) is 64.3 cm³/mol. The lowest BCUT2D eigenvalue weighted by atomic mass is 10.1. The van der Waals surface area contributed by atoms with Gasteiger partial charge in [0.1, 0.15) is 11.8 Å². The van der Waals surface area contributed by atoms with Crippen molar-refractivity contribution in [3.8, 4) is 0 Å². The predicted octanol–water partition coefficient (Wildman–Crippen LogP) is 0.868. The van der Waals surface area contributed by atoms with E-state index in [-0.39, 0.29) is 13.0 Å². The van der Waals surface area contributed by atoms with Crippen molar-refractivity contribution in [2.75, 3.05) is 13.7 Å². The smallest absolute Gasteiger partial charge is 0.410 e. The highest BCUT2D eigenvalue weighted by molar-refractivity contribution is 5.77. The first-order valence-corrected chi connectivity index (χ1v) is 6.05. The zero-order chi connectivity index (χ0) is 14.8. The van der Waals surface area contributed by atoms with Gasteiger partial charge in [-0.25, -0.2) is 14.0 Å². The maximum absolute atomic E-state index is 13.4. The topological polar surface area (TPSA) is 76.1 Å². The minimum atomic E-state index is -1.57. The Morgan fingerprint density at radius 2 is 2.00 bits per heavy atom. The van der Waals surface area contributed by atoms with Gasteiger partial charge in [-0.3, -0.25) is 4.90 Å². The second-order valence-corrected chi connectivity index (χ2v) is 5.50. The van der Waals surface area contributed by atoms with Crippen LogP contribution in [0.1, 0.15) is 27.2 Å². The van der Waals surface area contributed by atoms with Crippen LogP contribution in [-0.4, -0.2) is 59.6 Å². The van der Waals surface area contributed by atoms with Crippen LogP contribution in [0.15, 0.2) is 0 Å². The van der Waals surface area contributed by atoms with E-state index >= 15 is 0 Å². The number of hydrogen-bond acceptors (Lipinski definition) is 5. The molecular formula is C12H20FNO5. The van der Waals surface area contributed by atoms with Crippen molar-refractivity contribution >= 4 is 12.1 Å². The summed E-state index contributed by atoms with van der Waals surface area (Å²) < 4.78 is 23.0. The maximum atomic E-state index is 13.4. The molecule has 1 unspecified atom stereocenters. The van der Waals surface area contributed by atoms with Gasteiger partial charge in [0.15, 0.2) is 6.10 Å². The van der Waals surface area contributed by atoms with Crippen molar-refractivity contribution < 1.29 is 28.6 Å². The Morgan fingerprint density at radius 3 is 2.47 bits per heavy atom. The van der Waals surface area contributed by atoms with E-state index in [4.69, 9.17) is 4.74 Å². The number of carbonyl (C=O) groups is 2. The zero-order valence-corrected chi connectivity index (χ0v) is 11.6. The number of aliphatic hydroxyl groups excluding tert-OH is 1. The number of nitrogens with zero attached hydrogens (tertiary/aromatic N) is 1. The normalized spacial score (nSPS) is 25.1. The van der Waals surface area contributed by atoms with Crippen LogP contribution in [0, 0.1) is 0 Å². The Bertz CT molecular complexity index is 355. The second-order valence-electron chi connectivity index (χ2n) is 5.50. The molecule has 1 aliphatic rings. The van der Waals surface area contributed by atoms with Crippen molar-refractivity contribution in [2.45, 2.75) is 51.1 Å². The Kier molecular flexibility index (Phi) is 4.73. The second kappa shape index (κ2) is 5.73. The average Bonchev–Trinajstić information content (AvgIpc) is 2.67. The summed E-state index contributed by atoms with van der Waals surface area (Å²) in [6.45, 7) is 4.84. The van der Waals surface area contributed by atoms with Crippen molar-refractivity contribution in [2.24, 2.45) is 0 Å². The van der Waals surface area contributed by atoms with E-state index in [1.807, 2.05) is 0 Å². The van der Waals surface area contributed by atoms with Crippen molar-refractivity contribution in [3.05, 3.63) is 0 Å². The highest BCUT2D eigenvalue weighted by Gasteiger charge is 2.44. The quantitative estimate of drug-likeness (QED) is 0.758. The molecule has 19 heavy (non-hydrogen) atoms. The summed E-state index contributed by atoms with van der Waals surface area (Å²) >= 11 is 0. The monoisotopic (exact) mass is 277 g/mol. The number of carbonyl (C=O) groups excluding carboxylic acids is 2. The lowest BCUT2D eigenvalue weighted by molar-refractivity contribution is -0.153. The molecule has 3 atom stereocenters. The minimum absolute atomic E-state index is 0.116. The molecule has 0 radical (unpaired) electrons. The molecule has 6 nitrogen and oxygen atoms in total. The van der Waals surface area contributed by atoms with Gasteiger partial charge in [0.2, 0.25) is 0 Å². The molecule has 0 aliphatic carbocycles. The molecule has 0 aromatic rings. The molecule has 7 heteroatoms. The Hall–Kier alpha value is -1.37. The van der Waals surface area contributed by atoms with Gasteiger partial charge >= 0.3 is 12.1 Å². The van der Waals surface area contributed by atoms with Crippen LogP contribution in [0.5, 0.6) is 0 Å². The number of halogens is 1. The number of alkyl halides is 1. The molecule has 1 N–H and O–H groups in total. The third kappa shape index (κ3) is 4.05. The van der Waals surface area contributed by atoms with Crippen molar-refractivity contribution in [1.82, 2.24) is 4.90 Å². The van der Waals surface area contributed by atoms with Gasteiger partial charge in [0.25, 0.3) is 0 Å². The number of rotatable bonds is 2. The van der Waals surface area contributed by atoms with Crippen LogP contribution >= 0.6 is 0 Å². The highest BCUT2D eigenvalue weighted by Crippen LogP contribution is 2.25. The zero-order valence-electron chi connectivity index (χ0n) is 11.6. The van der Waals surface area contributed by atoms with Crippen LogP contribution in [0.3, 0.4) is 0 Å². The van der Waals surface area contributed by atoms with Crippen LogP contribution in [0.2, 0.25) is 0 Å². The maximum Gasteiger partial charge on any atom is 0.410 e. The van der Waals surface area contributed by atoms with Crippen LogP contribution in [-0.2, 0) is 14.3 Å². The first kappa shape index (κ1) is 15.7. The summed E-state index contributed by atoms with van der Waals surface area (Å²) in [4.78, 5) is 24.2. The largest absolute Gasteiger partial charge is 0.467 e. The highest BCUT2D eigenvalue weighted by atomic mass is 19.1. The first-order valence-electron chi connectivity index (χ1n) is 6.05. The fourth-order valence-electron chi connectivity index (χ4n) is 1.92. The number of ether oxygens (including phenoxy) is 2. The van der Waals surface area contributed by atoms with Gasteiger partial charge < -0.3 is 14.6 Å². The third-order valence-electron chi connectivity index (χ3n) is 2.73. The SMILES string of the molecule is COC(=O)C(O)[C@@H]1C[C@H](F)CN1C(=O)OC(C)(C)C. The number of hydrogen-bond donors (Lipinski definition) is 1. The summed E-state index contributed by atoms with van der Waals surface area (Å²) in [6, 6.07) is -0.961. The van der Waals surface area contributed by atoms with Crippen LogP contribution in [0.25, 0.3) is 0 Å². The number of likely N-dealkylation sites (tertiary alicyclic amines) is 1. The average molecular weight is 277 g/mol. The third-order valence-corrected chi connectivity index (χ3v) is 2.73. The molecule has 1 amide bonds. The van der Waals surface area contributed by atoms with Gasteiger partial charge in [-0.2, -0.15) is 0 Å². The molecule has 0 aromatic carbocycles. The minimum Gasteiger partial charge on any atom is -0.467 e.